The van der Waals surface area contributed by atoms with Crippen molar-refractivity contribution in [2.75, 3.05) is 13.1 Å². The van der Waals surface area contributed by atoms with Crippen LogP contribution in [0.25, 0.3) is 10.8 Å². The summed E-state index contributed by atoms with van der Waals surface area (Å²) in [6, 6.07) is 7.96. The Morgan fingerprint density at radius 2 is 2.06 bits per heavy atom. The first-order valence-electron chi connectivity index (χ1n) is 6.32. The Balaban J connectivity index is 1.79. The van der Waals surface area contributed by atoms with E-state index >= 15 is 0 Å². The Bertz CT molecular complexity index is 556. The second-order valence-corrected chi connectivity index (χ2v) is 4.65. The highest BCUT2D eigenvalue weighted by Gasteiger charge is 2.19. The number of benzene rings is 1. The number of piperidine rings is 1. The third kappa shape index (κ3) is 2.11. The summed E-state index contributed by atoms with van der Waals surface area (Å²) in [5.74, 6) is 0.312. The van der Waals surface area contributed by atoms with E-state index in [0.717, 1.165) is 36.7 Å². The standard InChI is InChI=1S/C14H16N2O2/c17-14(16-11-5-7-15-8-6-11)13-12-4-2-1-3-10(12)9-18-13/h1-4,9,11,15H,5-8H2,(H,16,17). The average Bonchev–Trinajstić information content (AvgIpc) is 2.84. The van der Waals surface area contributed by atoms with Crippen molar-refractivity contribution in [3.8, 4) is 0 Å². The highest BCUT2D eigenvalue weighted by molar-refractivity contribution is 6.04. The van der Waals surface area contributed by atoms with Gasteiger partial charge in [-0.25, -0.2) is 0 Å². The fourth-order valence-electron chi connectivity index (χ4n) is 2.39. The van der Waals surface area contributed by atoms with Gasteiger partial charge in [-0.3, -0.25) is 4.79 Å². The fraction of sp³-hybridized carbons (Fsp3) is 0.357. The summed E-state index contributed by atoms with van der Waals surface area (Å²) in [6.45, 7) is 1.92. The van der Waals surface area contributed by atoms with Crippen molar-refractivity contribution in [1.29, 1.82) is 0 Å². The second kappa shape index (κ2) is 4.82. The maximum absolute atomic E-state index is 12.2. The van der Waals surface area contributed by atoms with Gasteiger partial charge in [-0.15, -0.1) is 0 Å². The molecule has 0 atom stereocenters. The molecule has 2 heterocycles. The third-order valence-electron chi connectivity index (χ3n) is 3.39. The first kappa shape index (κ1) is 11.3. The molecule has 0 radical (unpaired) electrons. The van der Waals surface area contributed by atoms with Gasteiger partial charge in [-0.1, -0.05) is 24.3 Å². The number of amides is 1. The van der Waals surface area contributed by atoms with E-state index in [1.807, 2.05) is 24.3 Å². The highest BCUT2D eigenvalue weighted by Crippen LogP contribution is 2.20. The Kier molecular flexibility index (Phi) is 3.02. The topological polar surface area (TPSA) is 54.3 Å². The summed E-state index contributed by atoms with van der Waals surface area (Å²) >= 11 is 0. The summed E-state index contributed by atoms with van der Waals surface area (Å²) in [7, 11) is 0. The molecule has 2 aromatic rings. The number of fused-ring (bicyclic) bond motifs is 1. The number of hydrogen-bond donors (Lipinski definition) is 2. The van der Waals surface area contributed by atoms with Crippen LogP contribution in [-0.2, 0) is 0 Å². The minimum atomic E-state index is -0.108. The second-order valence-electron chi connectivity index (χ2n) is 4.65. The van der Waals surface area contributed by atoms with E-state index in [-0.39, 0.29) is 11.9 Å². The monoisotopic (exact) mass is 244 g/mol. The lowest BCUT2D eigenvalue weighted by Gasteiger charge is -2.23. The van der Waals surface area contributed by atoms with Gasteiger partial charge >= 0.3 is 0 Å². The summed E-state index contributed by atoms with van der Waals surface area (Å²) in [6.07, 6.45) is 3.58. The van der Waals surface area contributed by atoms with E-state index in [4.69, 9.17) is 4.42 Å². The number of carbonyl (C=O) groups excluding carboxylic acids is 1. The van der Waals surface area contributed by atoms with Gasteiger partial charge in [0.2, 0.25) is 0 Å². The summed E-state index contributed by atoms with van der Waals surface area (Å²) in [5, 5.41) is 8.16. The van der Waals surface area contributed by atoms with Crippen molar-refractivity contribution in [1.82, 2.24) is 10.6 Å². The van der Waals surface area contributed by atoms with Crippen LogP contribution in [0.1, 0.15) is 23.4 Å². The van der Waals surface area contributed by atoms with E-state index in [1.165, 1.54) is 0 Å². The minimum Gasteiger partial charge on any atom is -0.458 e. The van der Waals surface area contributed by atoms with Gasteiger partial charge in [-0.2, -0.15) is 0 Å². The first-order valence-corrected chi connectivity index (χ1v) is 6.32. The summed E-state index contributed by atoms with van der Waals surface area (Å²) < 4.78 is 5.39. The maximum Gasteiger partial charge on any atom is 0.287 e. The largest absolute Gasteiger partial charge is 0.458 e. The molecule has 0 saturated carbocycles. The van der Waals surface area contributed by atoms with Crippen molar-refractivity contribution in [2.45, 2.75) is 18.9 Å². The maximum atomic E-state index is 12.2. The summed E-state index contributed by atoms with van der Waals surface area (Å²) in [5.41, 5.74) is 0. The molecule has 1 saturated heterocycles. The predicted molar refractivity (Wildman–Crippen MR) is 69.6 cm³/mol. The van der Waals surface area contributed by atoms with Gasteiger partial charge in [0.15, 0.2) is 5.76 Å². The van der Waals surface area contributed by atoms with Crippen molar-refractivity contribution in [2.24, 2.45) is 0 Å². The van der Waals surface area contributed by atoms with Crippen LogP contribution in [0.4, 0.5) is 0 Å². The van der Waals surface area contributed by atoms with Crippen molar-refractivity contribution >= 4 is 16.7 Å². The number of rotatable bonds is 2. The molecule has 1 aromatic heterocycles. The summed E-state index contributed by atoms with van der Waals surface area (Å²) in [4.78, 5) is 12.2. The van der Waals surface area contributed by atoms with E-state index in [9.17, 15) is 4.79 Å². The van der Waals surface area contributed by atoms with Crippen molar-refractivity contribution in [3.05, 3.63) is 36.3 Å². The van der Waals surface area contributed by atoms with Crippen LogP contribution < -0.4 is 10.6 Å². The Morgan fingerprint density at radius 3 is 2.89 bits per heavy atom. The average molecular weight is 244 g/mol. The van der Waals surface area contributed by atoms with Crippen LogP contribution in [0.2, 0.25) is 0 Å². The van der Waals surface area contributed by atoms with Gasteiger partial charge in [0, 0.05) is 16.8 Å². The van der Waals surface area contributed by atoms with E-state index in [1.54, 1.807) is 6.26 Å². The first-order chi connectivity index (χ1) is 8.84. The number of hydrogen-bond acceptors (Lipinski definition) is 3. The van der Waals surface area contributed by atoms with E-state index in [0.29, 0.717) is 5.76 Å². The SMILES string of the molecule is O=C(NC1CCNCC1)c1occ2ccccc12. The van der Waals surface area contributed by atoms with E-state index in [2.05, 4.69) is 10.6 Å². The molecule has 1 aliphatic heterocycles. The quantitative estimate of drug-likeness (QED) is 0.848. The molecule has 18 heavy (non-hydrogen) atoms. The molecule has 94 valence electrons. The molecular formula is C14H16N2O2. The fourth-order valence-corrected chi connectivity index (χ4v) is 2.39. The molecule has 1 aliphatic rings. The Hall–Kier alpha value is -1.81. The molecule has 2 N–H and O–H groups in total. The Morgan fingerprint density at radius 1 is 1.28 bits per heavy atom. The Labute approximate surface area is 105 Å². The van der Waals surface area contributed by atoms with Crippen molar-refractivity contribution in [3.63, 3.8) is 0 Å². The van der Waals surface area contributed by atoms with Gasteiger partial charge in [0.25, 0.3) is 5.91 Å². The number of furan rings is 1. The normalized spacial score (nSPS) is 16.9. The highest BCUT2D eigenvalue weighted by atomic mass is 16.3. The van der Waals surface area contributed by atoms with E-state index < -0.39 is 0 Å². The van der Waals surface area contributed by atoms with Crippen LogP contribution in [0.15, 0.2) is 34.9 Å². The lowest BCUT2D eigenvalue weighted by molar-refractivity contribution is 0.0903. The molecule has 4 nitrogen and oxygen atoms in total. The van der Waals surface area contributed by atoms with Crippen molar-refractivity contribution < 1.29 is 9.21 Å². The third-order valence-corrected chi connectivity index (χ3v) is 3.39. The molecule has 1 amide bonds. The van der Waals surface area contributed by atoms with Gasteiger partial charge in [0.05, 0.1) is 6.26 Å². The molecule has 0 spiro atoms. The van der Waals surface area contributed by atoms with Gasteiger partial charge in [-0.05, 0) is 25.9 Å². The number of carbonyl (C=O) groups is 1. The van der Waals surface area contributed by atoms with Crippen LogP contribution in [0.5, 0.6) is 0 Å². The smallest absolute Gasteiger partial charge is 0.287 e. The zero-order chi connectivity index (χ0) is 12.4. The zero-order valence-corrected chi connectivity index (χ0v) is 10.1. The van der Waals surface area contributed by atoms with Crippen LogP contribution in [-0.4, -0.2) is 25.0 Å². The zero-order valence-electron chi connectivity index (χ0n) is 10.1. The van der Waals surface area contributed by atoms with Gasteiger partial charge < -0.3 is 15.1 Å². The van der Waals surface area contributed by atoms with Crippen LogP contribution in [0.3, 0.4) is 0 Å². The van der Waals surface area contributed by atoms with Gasteiger partial charge in [0.1, 0.15) is 0 Å². The molecule has 1 aromatic carbocycles. The molecule has 0 unspecified atom stereocenters. The number of nitrogens with one attached hydrogen (secondary N) is 2. The molecule has 4 heteroatoms. The molecule has 3 rings (SSSR count). The van der Waals surface area contributed by atoms with Crippen LogP contribution >= 0.6 is 0 Å². The lowest BCUT2D eigenvalue weighted by atomic mass is 10.1. The minimum absolute atomic E-state index is 0.108. The molecular weight excluding hydrogens is 228 g/mol. The van der Waals surface area contributed by atoms with Crippen LogP contribution in [0, 0.1) is 0 Å². The lowest BCUT2D eigenvalue weighted by Crippen LogP contribution is -2.42. The molecule has 1 fully saturated rings. The predicted octanol–water partition coefficient (Wildman–Crippen LogP) is 1.91. The molecule has 0 bridgehead atoms. The molecule has 0 aliphatic carbocycles.